The summed E-state index contributed by atoms with van der Waals surface area (Å²) in [6, 6.07) is 17.7. The average molecular weight is 579 g/mol. The van der Waals surface area contributed by atoms with Crippen molar-refractivity contribution >= 4 is 36.5 Å². The maximum absolute atomic E-state index is 12.6. The number of hydrogen-bond donors (Lipinski definition) is 3. The third-order valence-electron chi connectivity index (χ3n) is 6.27. The maximum atomic E-state index is 12.6. The van der Waals surface area contributed by atoms with E-state index in [1.807, 2.05) is 36.4 Å². The van der Waals surface area contributed by atoms with Crippen molar-refractivity contribution in [1.29, 1.82) is 0 Å². The van der Waals surface area contributed by atoms with E-state index in [1.54, 1.807) is 28.8 Å². The van der Waals surface area contributed by atoms with E-state index in [2.05, 4.69) is 37.4 Å². The molecular weight excluding hydrogens is 555 g/mol. The van der Waals surface area contributed by atoms with Crippen molar-refractivity contribution in [3.05, 3.63) is 78.9 Å². The minimum absolute atomic E-state index is 0.169. The predicted octanol–water partition coefficient (Wildman–Crippen LogP) is 2.37. The fourth-order valence-corrected chi connectivity index (χ4v) is 4.87. The van der Waals surface area contributed by atoms with Crippen molar-refractivity contribution in [2.45, 2.75) is 30.8 Å². The van der Waals surface area contributed by atoms with Gasteiger partial charge in [0.05, 0.1) is 12.9 Å². The molecule has 4 heterocycles. The van der Waals surface area contributed by atoms with Crippen molar-refractivity contribution < 1.29 is 37.9 Å². The first-order valence-corrected chi connectivity index (χ1v) is 14.0. The van der Waals surface area contributed by atoms with Gasteiger partial charge in [-0.1, -0.05) is 42.3 Å². The molecule has 2 aliphatic heterocycles. The number of aromatic nitrogens is 4. The molecule has 2 saturated heterocycles. The van der Waals surface area contributed by atoms with Crippen LogP contribution in [0.5, 0.6) is 0 Å². The second kappa shape index (κ2) is 11.4. The molecule has 5 N–H and O–H groups in total. The van der Waals surface area contributed by atoms with Gasteiger partial charge in [0.15, 0.2) is 23.2 Å². The molecule has 15 heteroatoms. The predicted molar refractivity (Wildman–Crippen MR) is 145 cm³/mol. The normalized spacial score (nSPS) is 24.7. The van der Waals surface area contributed by atoms with Gasteiger partial charge in [-0.15, -0.1) is 0 Å². The fourth-order valence-electron chi connectivity index (χ4n) is 4.52. The summed E-state index contributed by atoms with van der Waals surface area (Å²) in [7, 11) is -4.53. The Balaban J connectivity index is 1.25. The Labute approximate surface area is 232 Å². The Morgan fingerprint density at radius 2 is 1.76 bits per heavy atom. The van der Waals surface area contributed by atoms with Crippen molar-refractivity contribution in [2.75, 3.05) is 17.2 Å². The van der Waals surface area contributed by atoms with Crippen LogP contribution in [0.4, 0.5) is 16.3 Å². The van der Waals surface area contributed by atoms with E-state index in [9.17, 15) is 14.3 Å². The molecule has 0 spiro atoms. The van der Waals surface area contributed by atoms with Gasteiger partial charge in [-0.05, 0) is 30.2 Å². The summed E-state index contributed by atoms with van der Waals surface area (Å²) in [4.78, 5) is 42.0. The lowest BCUT2D eigenvalue weighted by molar-refractivity contribution is -0.129. The number of nitrogens with one attached hydrogen (secondary N) is 2. The highest BCUT2D eigenvalue weighted by atomic mass is 31.2. The van der Waals surface area contributed by atoms with Crippen LogP contribution in [0.3, 0.4) is 0 Å². The average Bonchev–Trinajstić information content (AvgIpc) is 3.66. The van der Waals surface area contributed by atoms with Gasteiger partial charge >= 0.3 is 13.9 Å². The van der Waals surface area contributed by atoms with Gasteiger partial charge in [-0.2, -0.15) is 4.57 Å². The van der Waals surface area contributed by atoms with Crippen LogP contribution < -0.4 is 10.6 Å². The number of ether oxygens (including phenoxy) is 3. The standard InChI is InChI=1S/C26H23N6O8P/c33-26(30-17-9-5-2-6-10-17)31-23-20-24(28-14-27-23)32(15-29-20)25-22-21(18(38-25)13-37-41(34,35)36)39-19(40-22)12-11-16-7-3-1-4-8-16/h1-10,14-15,18-19,21-22,25H,13H2,(H2,34,35,36)(H2,27,28,30,31,33)/p+1/t18-,19?,21?,22?,25-/m1/s1. The van der Waals surface area contributed by atoms with Gasteiger partial charge in [-0.3, -0.25) is 14.8 Å². The van der Waals surface area contributed by atoms with Crippen LogP contribution in [0.15, 0.2) is 73.3 Å². The number of anilines is 2. The Morgan fingerprint density at radius 1 is 1.02 bits per heavy atom. The van der Waals surface area contributed by atoms with Gasteiger partial charge in [0, 0.05) is 11.3 Å². The first-order chi connectivity index (χ1) is 19.8. The molecule has 2 fully saturated rings. The van der Waals surface area contributed by atoms with Crippen LogP contribution in [0.2, 0.25) is 0 Å². The van der Waals surface area contributed by atoms with Gasteiger partial charge in [0.1, 0.15) is 24.6 Å². The Morgan fingerprint density at radius 3 is 2.51 bits per heavy atom. The second-order valence-electron chi connectivity index (χ2n) is 9.04. The van der Waals surface area contributed by atoms with Gasteiger partial charge in [-0.25, -0.2) is 24.3 Å². The van der Waals surface area contributed by atoms with Crippen LogP contribution in [-0.4, -0.2) is 66.5 Å². The third-order valence-corrected chi connectivity index (χ3v) is 6.76. The zero-order valence-electron chi connectivity index (χ0n) is 21.2. The smallest absolute Gasteiger partial charge is 0.368 e. The zero-order valence-corrected chi connectivity index (χ0v) is 22.0. The second-order valence-corrected chi connectivity index (χ2v) is 10.3. The number of carbonyl (C=O) groups is 1. The molecule has 14 nitrogen and oxygen atoms in total. The number of para-hydroxylation sites is 1. The molecular formula is C26H24N6O8P+. The van der Waals surface area contributed by atoms with E-state index in [1.165, 1.54) is 12.7 Å². The molecule has 2 amide bonds. The molecule has 0 radical (unpaired) electrons. The molecule has 210 valence electrons. The number of carbonyl (C=O) groups excluding carboxylic acids is 1. The maximum Gasteiger partial charge on any atom is 0.631 e. The lowest BCUT2D eigenvalue weighted by atomic mass is 10.1. The molecule has 6 rings (SSSR count). The molecule has 0 saturated carbocycles. The summed E-state index contributed by atoms with van der Waals surface area (Å²) in [6.07, 6.45) is -1.38. The number of amides is 2. The van der Waals surface area contributed by atoms with E-state index in [0.29, 0.717) is 16.9 Å². The molecule has 2 aromatic carbocycles. The molecule has 4 unspecified atom stereocenters. The number of benzene rings is 2. The monoisotopic (exact) mass is 579 g/mol. The van der Waals surface area contributed by atoms with Crippen LogP contribution in [-0.2, 0) is 23.3 Å². The molecule has 2 aromatic heterocycles. The Bertz CT molecular complexity index is 1650. The summed E-state index contributed by atoms with van der Waals surface area (Å²) in [5, 5.41) is 5.39. The van der Waals surface area contributed by atoms with E-state index >= 15 is 0 Å². The summed E-state index contributed by atoms with van der Waals surface area (Å²) in [5.41, 5.74) is 1.99. The fraction of sp³-hybridized carbons (Fsp3) is 0.231. The third kappa shape index (κ3) is 6.12. The van der Waals surface area contributed by atoms with Gasteiger partial charge in [0.25, 0.3) is 0 Å². The molecule has 41 heavy (non-hydrogen) atoms. The van der Waals surface area contributed by atoms with Crippen LogP contribution in [0.1, 0.15) is 11.8 Å². The van der Waals surface area contributed by atoms with Crippen LogP contribution >= 0.6 is 7.82 Å². The van der Waals surface area contributed by atoms with E-state index in [0.717, 1.165) is 5.56 Å². The van der Waals surface area contributed by atoms with Crippen LogP contribution in [0, 0.1) is 11.8 Å². The number of urea groups is 1. The number of fused-ring (bicyclic) bond motifs is 2. The quantitative estimate of drug-likeness (QED) is 0.174. The molecule has 6 atom stereocenters. The van der Waals surface area contributed by atoms with Crippen LogP contribution in [0.25, 0.3) is 11.2 Å². The van der Waals surface area contributed by atoms with E-state index in [-0.39, 0.29) is 5.82 Å². The van der Waals surface area contributed by atoms with Crippen molar-refractivity contribution in [3.8, 4) is 11.8 Å². The molecule has 0 aliphatic carbocycles. The number of hydrogen-bond acceptors (Lipinski definition) is 9. The molecule has 4 aromatic rings. The molecule has 0 bridgehead atoms. The first-order valence-electron chi connectivity index (χ1n) is 12.4. The topological polar surface area (TPSA) is 182 Å². The largest absolute Gasteiger partial charge is 0.631 e. The lowest BCUT2D eigenvalue weighted by Gasteiger charge is -2.19. The highest BCUT2D eigenvalue weighted by Crippen LogP contribution is 2.43. The van der Waals surface area contributed by atoms with Gasteiger partial charge in [0.2, 0.25) is 6.29 Å². The van der Waals surface area contributed by atoms with E-state index < -0.39 is 51.3 Å². The van der Waals surface area contributed by atoms with Crippen molar-refractivity contribution in [2.24, 2.45) is 0 Å². The minimum atomic E-state index is -4.53. The van der Waals surface area contributed by atoms with Crippen molar-refractivity contribution in [3.63, 3.8) is 0 Å². The van der Waals surface area contributed by atoms with Gasteiger partial charge < -0.3 is 24.4 Å². The summed E-state index contributed by atoms with van der Waals surface area (Å²) in [5.74, 6) is 6.10. The van der Waals surface area contributed by atoms with Crippen molar-refractivity contribution in [1.82, 2.24) is 19.5 Å². The number of nitrogens with zero attached hydrogens (tertiary/aromatic N) is 4. The SMILES string of the molecule is O=C(Nc1ccccc1)Nc1ncnc2c1ncn2[C@@H]1O[C@H](COP(=O)(O)[OH2+])C2OC(C#Cc3ccccc3)OC21. The summed E-state index contributed by atoms with van der Waals surface area (Å²) >= 11 is 0. The Kier molecular flexibility index (Phi) is 7.48. The minimum Gasteiger partial charge on any atom is -0.368 e. The summed E-state index contributed by atoms with van der Waals surface area (Å²) < 4.78 is 36.1. The summed E-state index contributed by atoms with van der Waals surface area (Å²) in [6.45, 7) is -0.398. The van der Waals surface area contributed by atoms with E-state index in [4.69, 9.17) is 23.6 Å². The highest BCUT2D eigenvalue weighted by Gasteiger charge is 2.54. The number of imidazole rings is 1. The first kappa shape index (κ1) is 27.0. The number of rotatable bonds is 6. The Hall–Kier alpha value is -4.19. The lowest BCUT2D eigenvalue weighted by Crippen LogP contribution is -2.31. The highest BCUT2D eigenvalue weighted by molar-refractivity contribution is 7.46. The zero-order chi connectivity index (χ0) is 28.4. The molecule has 2 aliphatic rings.